The van der Waals surface area contributed by atoms with E-state index < -0.39 is 24.5 Å². The van der Waals surface area contributed by atoms with E-state index in [0.717, 1.165) is 22.2 Å². The first-order valence-electron chi connectivity index (χ1n) is 8.64. The molecule has 27 heavy (non-hydrogen) atoms. The molecule has 0 amide bonds. The third-order valence-electron chi connectivity index (χ3n) is 4.99. The fraction of sp³-hybridized carbons (Fsp3) is 0.368. The van der Waals surface area contributed by atoms with E-state index in [1.165, 1.54) is 6.33 Å². The minimum atomic E-state index is -1.20. The van der Waals surface area contributed by atoms with Gasteiger partial charge >= 0.3 is 0 Å². The monoisotopic (exact) mass is 371 g/mol. The summed E-state index contributed by atoms with van der Waals surface area (Å²) >= 11 is 0. The molecule has 4 atom stereocenters. The number of aliphatic hydroxyl groups is 3. The first-order chi connectivity index (χ1) is 13.1. The van der Waals surface area contributed by atoms with Crippen molar-refractivity contribution in [2.75, 3.05) is 13.7 Å². The normalized spacial score (nSPS) is 25.2. The zero-order valence-electron chi connectivity index (χ0n) is 15.0. The maximum Gasteiger partial charge on any atom is 0.164 e. The van der Waals surface area contributed by atoms with Crippen molar-refractivity contribution in [3.05, 3.63) is 42.5 Å². The quantitative estimate of drug-likeness (QED) is 0.628. The van der Waals surface area contributed by atoms with Crippen LogP contribution in [-0.4, -0.2) is 61.9 Å². The van der Waals surface area contributed by atoms with E-state index >= 15 is 0 Å². The predicted molar refractivity (Wildman–Crippen MR) is 97.3 cm³/mol. The summed E-state index contributed by atoms with van der Waals surface area (Å²) in [5.74, 6) is 0.695. The number of methoxy groups -OCH3 is 1. The minimum Gasteiger partial charge on any atom is -0.496 e. The highest BCUT2D eigenvalue weighted by Gasteiger charge is 2.44. The Morgan fingerprint density at radius 1 is 1.15 bits per heavy atom. The lowest BCUT2D eigenvalue weighted by molar-refractivity contribution is -0.0508. The van der Waals surface area contributed by atoms with Crippen LogP contribution in [0.15, 0.2) is 36.8 Å². The number of hydrogen-bond donors (Lipinski definition) is 3. The Morgan fingerprint density at radius 2 is 1.93 bits per heavy atom. The molecule has 8 heteroatoms. The summed E-state index contributed by atoms with van der Waals surface area (Å²) in [5.41, 5.74) is 3.02. The van der Waals surface area contributed by atoms with E-state index in [9.17, 15) is 15.3 Å². The van der Waals surface area contributed by atoms with Crippen LogP contribution in [0.2, 0.25) is 0 Å². The van der Waals surface area contributed by atoms with Crippen molar-refractivity contribution in [1.82, 2.24) is 14.5 Å². The van der Waals surface area contributed by atoms with Gasteiger partial charge in [0, 0.05) is 22.7 Å². The first-order valence-corrected chi connectivity index (χ1v) is 8.64. The van der Waals surface area contributed by atoms with Crippen LogP contribution in [0.1, 0.15) is 11.9 Å². The lowest BCUT2D eigenvalue weighted by Crippen LogP contribution is -2.33. The fourth-order valence-corrected chi connectivity index (χ4v) is 3.61. The van der Waals surface area contributed by atoms with Gasteiger partial charge in [-0.05, 0) is 13.0 Å². The number of aromatic nitrogens is 3. The van der Waals surface area contributed by atoms with Crippen molar-refractivity contribution in [1.29, 1.82) is 0 Å². The van der Waals surface area contributed by atoms with Gasteiger partial charge < -0.3 is 29.4 Å². The smallest absolute Gasteiger partial charge is 0.164 e. The minimum absolute atomic E-state index is 0.388. The summed E-state index contributed by atoms with van der Waals surface area (Å²) in [5, 5.41) is 30.8. The lowest BCUT2D eigenvalue weighted by atomic mass is 10.0. The molecule has 0 spiro atoms. The molecule has 3 N–H and O–H groups in total. The summed E-state index contributed by atoms with van der Waals surface area (Å²) in [6, 6.07) is 7.59. The Bertz CT molecular complexity index is 973. The van der Waals surface area contributed by atoms with Crippen LogP contribution in [0.25, 0.3) is 22.2 Å². The standard InChI is InChI=1S/C19H21N3O5/c1-10-15-12(11-5-3-4-6-13(11)26-2)7-22(18(15)21-9-20-10)19-17(25)16(24)14(8-23)27-19/h3-7,9,14,16-17,19,23-25H,8H2,1-2H3/t14-,16-,17-,19-/m1/s1. The van der Waals surface area contributed by atoms with E-state index in [4.69, 9.17) is 9.47 Å². The molecule has 0 aliphatic carbocycles. The van der Waals surface area contributed by atoms with Crippen molar-refractivity contribution in [2.24, 2.45) is 0 Å². The number of fused-ring (bicyclic) bond motifs is 1. The molecule has 4 rings (SSSR count). The van der Waals surface area contributed by atoms with Gasteiger partial charge in [0.25, 0.3) is 0 Å². The topological polar surface area (TPSA) is 110 Å². The molecule has 0 saturated carbocycles. The van der Waals surface area contributed by atoms with Gasteiger partial charge in [0.15, 0.2) is 6.23 Å². The van der Waals surface area contributed by atoms with E-state index in [1.807, 2.05) is 37.4 Å². The van der Waals surface area contributed by atoms with E-state index in [0.29, 0.717) is 11.4 Å². The fourth-order valence-electron chi connectivity index (χ4n) is 3.61. The molecule has 1 aromatic carbocycles. The van der Waals surface area contributed by atoms with E-state index in [2.05, 4.69) is 9.97 Å². The van der Waals surface area contributed by atoms with Gasteiger partial charge in [0.2, 0.25) is 0 Å². The Kier molecular flexibility index (Phi) is 4.56. The second-order valence-corrected chi connectivity index (χ2v) is 6.54. The van der Waals surface area contributed by atoms with E-state index in [-0.39, 0.29) is 6.61 Å². The summed E-state index contributed by atoms with van der Waals surface area (Å²) in [7, 11) is 1.60. The zero-order chi connectivity index (χ0) is 19.1. The molecule has 1 aliphatic heterocycles. The second kappa shape index (κ2) is 6.90. The van der Waals surface area contributed by atoms with Gasteiger partial charge in [-0.1, -0.05) is 18.2 Å². The molecular formula is C19H21N3O5. The highest BCUT2D eigenvalue weighted by atomic mass is 16.6. The molecule has 1 aliphatic rings. The Balaban J connectivity index is 1.93. The van der Waals surface area contributed by atoms with Crippen LogP contribution >= 0.6 is 0 Å². The largest absolute Gasteiger partial charge is 0.496 e. The summed E-state index contributed by atoms with van der Waals surface area (Å²) in [6.07, 6.45) is -0.863. The van der Waals surface area contributed by atoms with Gasteiger partial charge in [-0.3, -0.25) is 0 Å². The molecule has 3 heterocycles. The SMILES string of the molecule is COc1ccccc1-c1cn([C@@H]2O[C@H](CO)[C@@H](O)[C@H]2O)c2ncnc(C)c12. The lowest BCUT2D eigenvalue weighted by Gasteiger charge is -2.17. The van der Waals surface area contributed by atoms with Gasteiger partial charge in [-0.25, -0.2) is 9.97 Å². The average molecular weight is 371 g/mol. The van der Waals surface area contributed by atoms with Gasteiger partial charge in [-0.15, -0.1) is 0 Å². The van der Waals surface area contributed by atoms with E-state index in [1.54, 1.807) is 11.7 Å². The van der Waals surface area contributed by atoms with Crippen molar-refractivity contribution >= 4 is 11.0 Å². The van der Waals surface area contributed by atoms with Crippen molar-refractivity contribution in [2.45, 2.75) is 31.5 Å². The molecule has 1 fully saturated rings. The third kappa shape index (κ3) is 2.78. The molecule has 0 bridgehead atoms. The number of para-hydroxylation sites is 1. The summed E-state index contributed by atoms with van der Waals surface area (Å²) in [4.78, 5) is 8.67. The van der Waals surface area contributed by atoms with Crippen LogP contribution < -0.4 is 4.74 Å². The summed E-state index contributed by atoms with van der Waals surface area (Å²) in [6.45, 7) is 1.49. The highest BCUT2D eigenvalue weighted by Crippen LogP contribution is 2.40. The molecular weight excluding hydrogens is 350 g/mol. The van der Waals surface area contributed by atoms with Gasteiger partial charge in [0.05, 0.1) is 19.4 Å². The second-order valence-electron chi connectivity index (χ2n) is 6.54. The number of aryl methyl sites for hydroxylation is 1. The predicted octanol–water partition coefficient (Wildman–Crippen LogP) is 1.03. The zero-order valence-corrected chi connectivity index (χ0v) is 15.0. The summed E-state index contributed by atoms with van der Waals surface area (Å²) < 4.78 is 12.9. The maximum absolute atomic E-state index is 10.4. The molecule has 0 unspecified atom stereocenters. The van der Waals surface area contributed by atoms with Crippen LogP contribution in [0.3, 0.4) is 0 Å². The number of ether oxygens (including phenoxy) is 2. The highest BCUT2D eigenvalue weighted by molar-refractivity contribution is 5.97. The molecule has 0 radical (unpaired) electrons. The number of hydrogen-bond acceptors (Lipinski definition) is 7. The number of benzene rings is 1. The first kappa shape index (κ1) is 17.9. The van der Waals surface area contributed by atoms with Crippen LogP contribution in [-0.2, 0) is 4.74 Å². The molecule has 1 saturated heterocycles. The Hall–Kier alpha value is -2.52. The Morgan fingerprint density at radius 3 is 2.63 bits per heavy atom. The Labute approximate surface area is 155 Å². The van der Waals surface area contributed by atoms with Crippen molar-refractivity contribution < 1.29 is 24.8 Å². The molecule has 2 aromatic heterocycles. The average Bonchev–Trinajstić information content (AvgIpc) is 3.21. The number of rotatable bonds is 4. The van der Waals surface area contributed by atoms with Gasteiger partial charge in [-0.2, -0.15) is 0 Å². The maximum atomic E-state index is 10.4. The van der Waals surface area contributed by atoms with Crippen molar-refractivity contribution in [3.8, 4) is 16.9 Å². The molecule has 142 valence electrons. The van der Waals surface area contributed by atoms with Crippen LogP contribution in [0.5, 0.6) is 5.75 Å². The van der Waals surface area contributed by atoms with Crippen LogP contribution in [0, 0.1) is 6.92 Å². The molecule has 8 nitrogen and oxygen atoms in total. The van der Waals surface area contributed by atoms with Gasteiger partial charge in [0.1, 0.15) is 36.0 Å². The van der Waals surface area contributed by atoms with Crippen molar-refractivity contribution in [3.63, 3.8) is 0 Å². The molecule has 3 aromatic rings. The third-order valence-corrected chi connectivity index (χ3v) is 4.99. The number of aliphatic hydroxyl groups excluding tert-OH is 3. The number of nitrogens with zero attached hydrogens (tertiary/aromatic N) is 3. The van der Waals surface area contributed by atoms with Crippen LogP contribution in [0.4, 0.5) is 0 Å².